The van der Waals surface area contributed by atoms with Gasteiger partial charge in [0.2, 0.25) is 0 Å². The van der Waals surface area contributed by atoms with Gasteiger partial charge in [-0.25, -0.2) is 0 Å². The standard InChI is InChI=1S/C33H46N2O/c1-23-18-25(22-26(19-23)32(3,4)5)27-14-11-12-15-29(27)35(17-13-16-34(9)10)30-21-24(2)20-28(31(30)36)33(6,7)8/h11-12,14-15,18-22,36H,13,16-17H2,1-10H3. The average Bonchev–Trinajstić information content (AvgIpc) is 2.76. The number of rotatable bonds is 7. The third-order valence-electron chi connectivity index (χ3n) is 6.77. The van der Waals surface area contributed by atoms with Crippen LogP contribution in [0.4, 0.5) is 11.4 Å². The molecule has 0 heterocycles. The lowest BCUT2D eigenvalue weighted by Crippen LogP contribution is -2.24. The molecule has 3 aromatic carbocycles. The average molecular weight is 487 g/mol. The maximum Gasteiger partial charge on any atom is 0.142 e. The molecule has 3 aromatic rings. The predicted octanol–water partition coefficient (Wildman–Crippen LogP) is 8.36. The molecule has 1 N–H and O–H groups in total. The normalized spacial score (nSPS) is 12.3. The number of benzene rings is 3. The molecule has 0 aliphatic heterocycles. The summed E-state index contributed by atoms with van der Waals surface area (Å²) >= 11 is 0. The van der Waals surface area contributed by atoms with Gasteiger partial charge in [-0.2, -0.15) is 0 Å². The van der Waals surface area contributed by atoms with Crippen LogP contribution in [0.1, 0.15) is 70.2 Å². The maximum atomic E-state index is 11.6. The van der Waals surface area contributed by atoms with E-state index in [-0.39, 0.29) is 10.8 Å². The highest BCUT2D eigenvalue weighted by Crippen LogP contribution is 2.44. The monoisotopic (exact) mass is 486 g/mol. The molecule has 0 aromatic heterocycles. The molecule has 0 spiro atoms. The molecule has 0 atom stereocenters. The van der Waals surface area contributed by atoms with E-state index in [1.165, 1.54) is 22.3 Å². The van der Waals surface area contributed by atoms with Crippen molar-refractivity contribution in [1.82, 2.24) is 4.90 Å². The van der Waals surface area contributed by atoms with Crippen molar-refractivity contribution < 1.29 is 5.11 Å². The zero-order valence-corrected chi connectivity index (χ0v) is 24.2. The first-order chi connectivity index (χ1) is 16.7. The number of nitrogens with zero attached hydrogens (tertiary/aromatic N) is 2. The van der Waals surface area contributed by atoms with Crippen molar-refractivity contribution in [1.29, 1.82) is 0 Å². The van der Waals surface area contributed by atoms with Gasteiger partial charge in [0.1, 0.15) is 5.75 Å². The summed E-state index contributed by atoms with van der Waals surface area (Å²) in [6.45, 7) is 19.4. The first-order valence-corrected chi connectivity index (χ1v) is 13.2. The molecule has 0 amide bonds. The fourth-order valence-electron chi connectivity index (χ4n) is 4.78. The summed E-state index contributed by atoms with van der Waals surface area (Å²) < 4.78 is 0. The van der Waals surface area contributed by atoms with Gasteiger partial charge in [0.15, 0.2) is 0 Å². The zero-order chi connectivity index (χ0) is 26.8. The Hall–Kier alpha value is -2.78. The van der Waals surface area contributed by atoms with E-state index in [4.69, 9.17) is 0 Å². The summed E-state index contributed by atoms with van der Waals surface area (Å²) in [6.07, 6.45) is 0.987. The van der Waals surface area contributed by atoms with E-state index >= 15 is 0 Å². The van der Waals surface area contributed by atoms with E-state index < -0.39 is 0 Å². The van der Waals surface area contributed by atoms with Gasteiger partial charge in [-0.3, -0.25) is 0 Å². The molecule has 0 bridgehead atoms. The van der Waals surface area contributed by atoms with Crippen LogP contribution in [0.15, 0.2) is 54.6 Å². The number of phenolic OH excluding ortho intramolecular Hbond substituents is 1. The number of aromatic hydroxyl groups is 1. The van der Waals surface area contributed by atoms with Crippen molar-refractivity contribution in [3.05, 3.63) is 76.9 Å². The first kappa shape index (κ1) is 27.8. The van der Waals surface area contributed by atoms with Crippen LogP contribution < -0.4 is 4.90 Å². The van der Waals surface area contributed by atoms with Crippen molar-refractivity contribution >= 4 is 11.4 Å². The molecule has 3 heteroatoms. The molecule has 0 aliphatic carbocycles. The number of phenols is 1. The molecule has 0 saturated heterocycles. The number of anilines is 2. The molecular weight excluding hydrogens is 440 g/mol. The van der Waals surface area contributed by atoms with E-state index in [9.17, 15) is 5.11 Å². The van der Waals surface area contributed by atoms with Crippen LogP contribution in [-0.4, -0.2) is 37.2 Å². The lowest BCUT2D eigenvalue weighted by molar-refractivity contribution is 0.402. The van der Waals surface area contributed by atoms with Gasteiger partial charge in [-0.1, -0.05) is 89.6 Å². The molecule has 0 saturated carbocycles. The third kappa shape index (κ3) is 6.50. The first-order valence-electron chi connectivity index (χ1n) is 13.2. The number of aryl methyl sites for hydroxylation is 2. The van der Waals surface area contributed by atoms with E-state index in [1.54, 1.807) is 0 Å². The van der Waals surface area contributed by atoms with Crippen molar-refractivity contribution in [3.8, 4) is 16.9 Å². The molecule has 0 fully saturated rings. The largest absolute Gasteiger partial charge is 0.505 e. The fourth-order valence-corrected chi connectivity index (χ4v) is 4.78. The summed E-state index contributed by atoms with van der Waals surface area (Å²) in [7, 11) is 4.22. The van der Waals surface area contributed by atoms with Crippen molar-refractivity contribution in [3.63, 3.8) is 0 Å². The number of para-hydroxylation sites is 1. The Bertz CT molecular complexity index is 1200. The SMILES string of the molecule is Cc1cc(-c2ccccc2N(CCCN(C)C)c2cc(C)cc(C(C)(C)C)c2O)cc(C(C)(C)C)c1. The fraction of sp³-hybridized carbons (Fsp3) is 0.455. The third-order valence-corrected chi connectivity index (χ3v) is 6.77. The van der Waals surface area contributed by atoms with Crippen LogP contribution in [0, 0.1) is 13.8 Å². The van der Waals surface area contributed by atoms with Crippen molar-refractivity contribution in [2.24, 2.45) is 0 Å². The molecule has 0 aliphatic rings. The van der Waals surface area contributed by atoms with Gasteiger partial charge in [0.05, 0.1) is 5.69 Å². The van der Waals surface area contributed by atoms with Gasteiger partial charge in [-0.05, 0) is 80.6 Å². The lowest BCUT2D eigenvalue weighted by atomic mass is 9.84. The second kappa shape index (κ2) is 10.7. The molecule has 3 rings (SSSR count). The highest BCUT2D eigenvalue weighted by Gasteiger charge is 2.25. The minimum Gasteiger partial charge on any atom is -0.505 e. The Morgan fingerprint density at radius 1 is 0.722 bits per heavy atom. The van der Waals surface area contributed by atoms with Crippen LogP contribution in [-0.2, 0) is 10.8 Å². The summed E-state index contributed by atoms with van der Waals surface area (Å²) in [5, 5.41) is 11.6. The van der Waals surface area contributed by atoms with Crippen LogP contribution in [0.25, 0.3) is 11.1 Å². The van der Waals surface area contributed by atoms with E-state index in [1.807, 2.05) is 0 Å². The van der Waals surface area contributed by atoms with E-state index in [0.29, 0.717) is 5.75 Å². The summed E-state index contributed by atoms with van der Waals surface area (Å²) in [6, 6.07) is 19.8. The van der Waals surface area contributed by atoms with Gasteiger partial charge < -0.3 is 14.9 Å². The molecule has 194 valence electrons. The van der Waals surface area contributed by atoms with Crippen molar-refractivity contribution in [2.75, 3.05) is 32.1 Å². The smallest absolute Gasteiger partial charge is 0.142 e. The summed E-state index contributed by atoms with van der Waals surface area (Å²) in [5.41, 5.74) is 9.07. The highest BCUT2D eigenvalue weighted by atomic mass is 16.3. The second-order valence-electron chi connectivity index (χ2n) is 12.6. The van der Waals surface area contributed by atoms with Crippen LogP contribution in [0.3, 0.4) is 0 Å². The molecule has 0 unspecified atom stereocenters. The summed E-state index contributed by atoms with van der Waals surface area (Å²) in [5.74, 6) is 0.382. The topological polar surface area (TPSA) is 26.7 Å². The minimum absolute atomic E-state index is 0.0670. The van der Waals surface area contributed by atoms with Gasteiger partial charge in [0.25, 0.3) is 0 Å². The Morgan fingerprint density at radius 3 is 1.97 bits per heavy atom. The number of hydrogen-bond donors (Lipinski definition) is 1. The van der Waals surface area contributed by atoms with Crippen LogP contribution in [0.5, 0.6) is 5.75 Å². The summed E-state index contributed by atoms with van der Waals surface area (Å²) in [4.78, 5) is 4.55. The molecule has 36 heavy (non-hydrogen) atoms. The van der Waals surface area contributed by atoms with Crippen LogP contribution >= 0.6 is 0 Å². The Labute approximate surface area is 219 Å². The maximum absolute atomic E-state index is 11.6. The Morgan fingerprint density at radius 2 is 1.36 bits per heavy atom. The van der Waals surface area contributed by atoms with Gasteiger partial charge in [-0.15, -0.1) is 0 Å². The van der Waals surface area contributed by atoms with Gasteiger partial charge >= 0.3 is 0 Å². The quantitative estimate of drug-likeness (QED) is 0.363. The van der Waals surface area contributed by atoms with Gasteiger partial charge in [0, 0.05) is 23.4 Å². The van der Waals surface area contributed by atoms with E-state index in [2.05, 4.69) is 134 Å². The molecular formula is C33H46N2O. The predicted molar refractivity (Wildman–Crippen MR) is 157 cm³/mol. The second-order valence-corrected chi connectivity index (χ2v) is 12.6. The zero-order valence-electron chi connectivity index (χ0n) is 24.2. The lowest BCUT2D eigenvalue weighted by Gasteiger charge is -2.32. The molecule has 3 nitrogen and oxygen atoms in total. The highest BCUT2D eigenvalue weighted by molar-refractivity contribution is 5.85. The Balaban J connectivity index is 2.24. The molecule has 0 radical (unpaired) electrons. The van der Waals surface area contributed by atoms with Crippen molar-refractivity contribution in [2.45, 2.75) is 72.6 Å². The number of hydrogen-bond acceptors (Lipinski definition) is 3. The minimum atomic E-state index is -0.155. The van der Waals surface area contributed by atoms with E-state index in [0.717, 1.165) is 42.0 Å². The van der Waals surface area contributed by atoms with Crippen LogP contribution in [0.2, 0.25) is 0 Å². The Kier molecular flexibility index (Phi) is 8.25.